The third kappa shape index (κ3) is 8.03. The third-order valence-electron chi connectivity index (χ3n) is 5.06. The zero-order valence-electron chi connectivity index (χ0n) is 18.3. The topological polar surface area (TPSA) is 116 Å². The number of unbranched alkanes of at least 4 members (excludes halogenated alkanes) is 2. The molecule has 6 heteroatoms. The molecule has 6 nitrogen and oxygen atoms in total. The van der Waals surface area contributed by atoms with Gasteiger partial charge in [-0.15, -0.1) is 0 Å². The number of benzene rings is 1. The number of nitrogens with two attached hydrogens (primary N) is 2. The summed E-state index contributed by atoms with van der Waals surface area (Å²) in [7, 11) is 0. The molecule has 1 aromatic carbocycles. The molecule has 0 bridgehead atoms. The van der Waals surface area contributed by atoms with Gasteiger partial charge in [-0.25, -0.2) is 4.79 Å². The van der Waals surface area contributed by atoms with Crippen LogP contribution in [0, 0.1) is 5.92 Å². The van der Waals surface area contributed by atoms with Gasteiger partial charge in [0.05, 0.1) is 23.1 Å². The number of esters is 1. The third-order valence-corrected chi connectivity index (χ3v) is 5.06. The first-order chi connectivity index (χ1) is 14.2. The van der Waals surface area contributed by atoms with Crippen LogP contribution in [0.3, 0.4) is 0 Å². The van der Waals surface area contributed by atoms with Crippen molar-refractivity contribution in [3.05, 3.63) is 54.1 Å². The molecule has 0 fully saturated rings. The number of hydrogen-bond donors (Lipinski definition) is 3. The number of carbonyl (C=O) groups is 2. The Morgan fingerprint density at radius 3 is 2.47 bits per heavy atom. The maximum Gasteiger partial charge on any atom is 0.340 e. The van der Waals surface area contributed by atoms with E-state index < -0.39 is 17.4 Å². The predicted molar refractivity (Wildman–Crippen MR) is 121 cm³/mol. The number of para-hydroxylation sites is 1. The summed E-state index contributed by atoms with van der Waals surface area (Å²) in [6, 6.07) is 6.94. The molecule has 0 amide bonds. The van der Waals surface area contributed by atoms with Gasteiger partial charge in [0.2, 0.25) is 0 Å². The lowest BCUT2D eigenvalue weighted by Gasteiger charge is -2.32. The highest BCUT2D eigenvalue weighted by molar-refractivity contribution is 5.95. The summed E-state index contributed by atoms with van der Waals surface area (Å²) < 4.78 is 5.24. The van der Waals surface area contributed by atoms with E-state index in [9.17, 15) is 9.59 Å². The Kier molecular flexibility index (Phi) is 10.9. The number of anilines is 1. The Morgan fingerprint density at radius 2 is 1.87 bits per heavy atom. The lowest BCUT2D eigenvalue weighted by atomic mass is 9.78. The van der Waals surface area contributed by atoms with Crippen molar-refractivity contribution in [2.75, 3.05) is 5.73 Å². The van der Waals surface area contributed by atoms with Crippen LogP contribution in [0.4, 0.5) is 5.69 Å². The van der Waals surface area contributed by atoms with E-state index in [1.165, 1.54) is 0 Å². The van der Waals surface area contributed by atoms with Crippen molar-refractivity contribution in [1.82, 2.24) is 0 Å². The monoisotopic (exact) mass is 416 g/mol. The van der Waals surface area contributed by atoms with Gasteiger partial charge in [0.1, 0.15) is 0 Å². The standard InChI is InChI=1S/C12H17NO2.C12H19NO2/c1-3-6-9(2)15-12(14)10-7-4-5-8-11(10)13;1-2-3-5-8-12(13)9-6-4-7-10(12)11(14)15/h4-5,7-9H,3,6,13H2,1-2H3;4,6-7,9-10H,2-3,5,8,13H2,1H3,(H,14,15). The number of allylic oxidation sites excluding steroid dienone is 2. The van der Waals surface area contributed by atoms with Gasteiger partial charge < -0.3 is 21.3 Å². The van der Waals surface area contributed by atoms with E-state index in [0.29, 0.717) is 11.3 Å². The zero-order valence-corrected chi connectivity index (χ0v) is 18.3. The van der Waals surface area contributed by atoms with Crippen LogP contribution >= 0.6 is 0 Å². The summed E-state index contributed by atoms with van der Waals surface area (Å²) >= 11 is 0. The van der Waals surface area contributed by atoms with Gasteiger partial charge >= 0.3 is 11.9 Å². The van der Waals surface area contributed by atoms with Crippen LogP contribution in [0.25, 0.3) is 0 Å². The minimum atomic E-state index is -0.838. The lowest BCUT2D eigenvalue weighted by molar-refractivity contribution is -0.141. The largest absolute Gasteiger partial charge is 0.481 e. The summed E-state index contributed by atoms with van der Waals surface area (Å²) in [4.78, 5) is 22.7. The fourth-order valence-corrected chi connectivity index (χ4v) is 3.32. The molecule has 166 valence electrons. The van der Waals surface area contributed by atoms with Gasteiger partial charge in [-0.2, -0.15) is 0 Å². The number of hydrogen-bond acceptors (Lipinski definition) is 5. The molecule has 0 aliphatic heterocycles. The molecule has 3 atom stereocenters. The Bertz CT molecular complexity index is 744. The number of carboxylic acid groups (broad SMARTS) is 1. The second-order valence-electron chi connectivity index (χ2n) is 7.72. The fourth-order valence-electron chi connectivity index (χ4n) is 3.32. The van der Waals surface area contributed by atoms with Crippen LogP contribution in [-0.4, -0.2) is 28.7 Å². The van der Waals surface area contributed by atoms with Crippen LogP contribution in [-0.2, 0) is 9.53 Å². The van der Waals surface area contributed by atoms with E-state index in [2.05, 4.69) is 13.8 Å². The SMILES string of the molecule is CCCC(C)OC(=O)c1ccccc1N.CCCCCC1(N)C=CC=CC1C(=O)O. The van der Waals surface area contributed by atoms with Crippen molar-refractivity contribution >= 4 is 17.6 Å². The van der Waals surface area contributed by atoms with Crippen LogP contribution in [0.15, 0.2) is 48.6 Å². The van der Waals surface area contributed by atoms with E-state index >= 15 is 0 Å². The second kappa shape index (κ2) is 12.9. The first kappa shape index (κ1) is 25.4. The molecular formula is C24H36N2O4. The average molecular weight is 417 g/mol. The molecule has 0 aromatic heterocycles. The summed E-state index contributed by atoms with van der Waals surface area (Å²) in [5.41, 5.74) is 12.0. The molecule has 2 rings (SSSR count). The summed E-state index contributed by atoms with van der Waals surface area (Å²) in [6.07, 6.45) is 12.8. The van der Waals surface area contributed by atoms with Crippen molar-refractivity contribution in [2.24, 2.45) is 11.7 Å². The highest BCUT2D eigenvalue weighted by Gasteiger charge is 2.36. The molecule has 1 aromatic rings. The maximum absolute atomic E-state index is 11.6. The minimum absolute atomic E-state index is 0.0536. The predicted octanol–water partition coefficient (Wildman–Crippen LogP) is 4.71. The van der Waals surface area contributed by atoms with Gasteiger partial charge in [-0.3, -0.25) is 4.79 Å². The summed E-state index contributed by atoms with van der Waals surface area (Å²) in [6.45, 7) is 6.07. The molecule has 5 N–H and O–H groups in total. The second-order valence-corrected chi connectivity index (χ2v) is 7.72. The van der Waals surface area contributed by atoms with E-state index in [1.54, 1.807) is 36.4 Å². The smallest absolute Gasteiger partial charge is 0.340 e. The lowest BCUT2D eigenvalue weighted by Crippen LogP contribution is -2.48. The first-order valence-electron chi connectivity index (χ1n) is 10.7. The normalized spacial score (nSPS) is 20.7. The van der Waals surface area contributed by atoms with Gasteiger partial charge in [-0.1, -0.05) is 76.0 Å². The fraction of sp³-hybridized carbons (Fsp3) is 0.500. The van der Waals surface area contributed by atoms with Crippen LogP contribution in [0.5, 0.6) is 0 Å². The van der Waals surface area contributed by atoms with Gasteiger partial charge in [0, 0.05) is 5.69 Å². The molecule has 3 unspecified atom stereocenters. The van der Waals surface area contributed by atoms with Gasteiger partial charge in [0.15, 0.2) is 0 Å². The highest BCUT2D eigenvalue weighted by Crippen LogP contribution is 2.27. The van der Waals surface area contributed by atoms with E-state index in [4.69, 9.17) is 21.3 Å². The van der Waals surface area contributed by atoms with Crippen LogP contribution in [0.2, 0.25) is 0 Å². The van der Waals surface area contributed by atoms with E-state index in [0.717, 1.165) is 38.5 Å². The first-order valence-corrected chi connectivity index (χ1v) is 10.7. The number of carboxylic acids is 1. The van der Waals surface area contributed by atoms with Crippen molar-refractivity contribution in [3.8, 4) is 0 Å². The number of rotatable bonds is 9. The summed E-state index contributed by atoms with van der Waals surface area (Å²) in [5, 5.41) is 9.07. The summed E-state index contributed by atoms with van der Waals surface area (Å²) in [5.74, 6) is -1.76. The van der Waals surface area contributed by atoms with Crippen molar-refractivity contribution in [1.29, 1.82) is 0 Å². The number of carbonyl (C=O) groups excluding carboxylic acids is 1. The van der Waals surface area contributed by atoms with Crippen molar-refractivity contribution < 1.29 is 19.4 Å². The number of nitrogen functional groups attached to an aromatic ring is 1. The molecule has 0 radical (unpaired) electrons. The Hall–Kier alpha value is -2.60. The Labute approximate surface area is 180 Å². The van der Waals surface area contributed by atoms with E-state index in [-0.39, 0.29) is 12.1 Å². The molecule has 0 saturated carbocycles. The quantitative estimate of drug-likeness (QED) is 0.305. The van der Waals surface area contributed by atoms with E-state index in [1.807, 2.05) is 19.1 Å². The van der Waals surface area contributed by atoms with Gasteiger partial charge in [-0.05, 0) is 31.9 Å². The van der Waals surface area contributed by atoms with Crippen molar-refractivity contribution in [3.63, 3.8) is 0 Å². The molecule has 1 aliphatic rings. The maximum atomic E-state index is 11.6. The van der Waals surface area contributed by atoms with Gasteiger partial charge in [0.25, 0.3) is 0 Å². The Morgan fingerprint density at radius 1 is 1.17 bits per heavy atom. The van der Waals surface area contributed by atoms with Crippen LogP contribution in [0.1, 0.15) is 69.7 Å². The average Bonchev–Trinajstić information content (AvgIpc) is 2.69. The number of ether oxygens (including phenoxy) is 1. The molecule has 30 heavy (non-hydrogen) atoms. The zero-order chi connectivity index (χ0) is 22.6. The highest BCUT2D eigenvalue weighted by atomic mass is 16.5. The van der Waals surface area contributed by atoms with Crippen molar-refractivity contribution in [2.45, 2.75) is 70.9 Å². The molecule has 1 aliphatic carbocycles. The molecule has 0 heterocycles. The molecule has 0 saturated heterocycles. The van der Waals surface area contributed by atoms with Crippen LogP contribution < -0.4 is 11.5 Å². The molecular weight excluding hydrogens is 380 g/mol. The minimum Gasteiger partial charge on any atom is -0.481 e. The molecule has 0 spiro atoms. The Balaban J connectivity index is 0.000000300. The number of aliphatic carboxylic acids is 1.